The lowest BCUT2D eigenvalue weighted by molar-refractivity contribution is 0.0784. The SMILES string of the molecule is Cc1ccc(C)c(N2C(=O)c3ccc(C(=O)N(C)Cc4ccccc4)cc3C2=O)c1. The third kappa shape index (κ3) is 3.39. The Labute approximate surface area is 175 Å². The van der Waals surface area contributed by atoms with Gasteiger partial charge in [0.05, 0.1) is 16.8 Å². The number of amides is 3. The maximum atomic E-state index is 13.1. The molecule has 0 spiro atoms. The average Bonchev–Trinajstić information content (AvgIpc) is 2.99. The first-order valence-corrected chi connectivity index (χ1v) is 9.76. The quantitative estimate of drug-likeness (QED) is 0.613. The Morgan fingerprint density at radius 2 is 1.57 bits per heavy atom. The molecule has 4 rings (SSSR count). The van der Waals surface area contributed by atoms with Gasteiger partial charge < -0.3 is 4.90 Å². The molecule has 0 atom stereocenters. The fourth-order valence-electron chi connectivity index (χ4n) is 3.70. The van der Waals surface area contributed by atoms with E-state index in [-0.39, 0.29) is 17.4 Å². The summed E-state index contributed by atoms with van der Waals surface area (Å²) < 4.78 is 0. The molecule has 1 aliphatic heterocycles. The normalized spacial score (nSPS) is 12.8. The minimum atomic E-state index is -0.399. The van der Waals surface area contributed by atoms with Crippen LogP contribution in [-0.4, -0.2) is 29.7 Å². The zero-order chi connectivity index (χ0) is 21.4. The van der Waals surface area contributed by atoms with Crippen molar-refractivity contribution < 1.29 is 14.4 Å². The van der Waals surface area contributed by atoms with E-state index in [0.29, 0.717) is 23.4 Å². The lowest BCUT2D eigenvalue weighted by Gasteiger charge is -2.17. The van der Waals surface area contributed by atoms with Gasteiger partial charge in [-0.25, -0.2) is 4.90 Å². The van der Waals surface area contributed by atoms with Crippen molar-refractivity contribution in [3.63, 3.8) is 0 Å². The predicted molar refractivity (Wildman–Crippen MR) is 116 cm³/mol. The molecular weight excluding hydrogens is 376 g/mol. The molecule has 0 unspecified atom stereocenters. The van der Waals surface area contributed by atoms with Crippen molar-refractivity contribution in [1.82, 2.24) is 4.90 Å². The summed E-state index contributed by atoms with van der Waals surface area (Å²) >= 11 is 0. The molecule has 0 aliphatic carbocycles. The second-order valence-electron chi connectivity index (χ2n) is 7.64. The van der Waals surface area contributed by atoms with Crippen molar-refractivity contribution in [3.05, 3.63) is 100 Å². The first-order valence-electron chi connectivity index (χ1n) is 9.76. The largest absolute Gasteiger partial charge is 0.337 e. The number of hydrogen-bond acceptors (Lipinski definition) is 3. The van der Waals surface area contributed by atoms with E-state index in [1.54, 1.807) is 24.1 Å². The molecule has 0 saturated heterocycles. The molecule has 3 amide bonds. The second-order valence-corrected chi connectivity index (χ2v) is 7.64. The number of carbonyl (C=O) groups is 3. The summed E-state index contributed by atoms with van der Waals surface area (Å²) in [5, 5.41) is 0. The summed E-state index contributed by atoms with van der Waals surface area (Å²) in [7, 11) is 1.72. The van der Waals surface area contributed by atoms with E-state index < -0.39 is 5.91 Å². The smallest absolute Gasteiger partial charge is 0.266 e. The summed E-state index contributed by atoms with van der Waals surface area (Å²) in [4.78, 5) is 41.7. The van der Waals surface area contributed by atoms with Gasteiger partial charge in [0.15, 0.2) is 0 Å². The zero-order valence-electron chi connectivity index (χ0n) is 17.2. The van der Waals surface area contributed by atoms with Gasteiger partial charge >= 0.3 is 0 Å². The van der Waals surface area contributed by atoms with E-state index in [1.165, 1.54) is 11.0 Å². The van der Waals surface area contributed by atoms with Crippen molar-refractivity contribution in [1.29, 1.82) is 0 Å². The van der Waals surface area contributed by atoms with Crippen molar-refractivity contribution in [2.75, 3.05) is 11.9 Å². The Balaban J connectivity index is 1.63. The summed E-state index contributed by atoms with van der Waals surface area (Å²) in [6.07, 6.45) is 0. The van der Waals surface area contributed by atoms with Gasteiger partial charge in [-0.3, -0.25) is 14.4 Å². The second kappa shape index (κ2) is 7.59. The van der Waals surface area contributed by atoms with Crippen molar-refractivity contribution in [2.24, 2.45) is 0 Å². The average molecular weight is 398 g/mol. The lowest BCUT2D eigenvalue weighted by atomic mass is 10.0. The maximum Gasteiger partial charge on any atom is 0.266 e. The molecule has 3 aromatic rings. The van der Waals surface area contributed by atoms with Crippen molar-refractivity contribution in [3.8, 4) is 0 Å². The molecule has 1 aliphatic rings. The molecule has 5 heteroatoms. The lowest BCUT2D eigenvalue weighted by Crippen LogP contribution is -2.30. The van der Waals surface area contributed by atoms with Gasteiger partial charge in [-0.2, -0.15) is 0 Å². The number of rotatable bonds is 4. The van der Waals surface area contributed by atoms with Gasteiger partial charge in [0.25, 0.3) is 17.7 Å². The highest BCUT2D eigenvalue weighted by molar-refractivity contribution is 6.35. The van der Waals surface area contributed by atoms with Crippen LogP contribution >= 0.6 is 0 Å². The van der Waals surface area contributed by atoms with E-state index in [0.717, 1.165) is 16.7 Å². The van der Waals surface area contributed by atoms with Gasteiger partial charge in [-0.05, 0) is 54.8 Å². The van der Waals surface area contributed by atoms with Crippen LogP contribution < -0.4 is 4.90 Å². The van der Waals surface area contributed by atoms with E-state index in [2.05, 4.69) is 0 Å². The van der Waals surface area contributed by atoms with Crippen LogP contribution in [0.1, 0.15) is 47.8 Å². The predicted octanol–water partition coefficient (Wildman–Crippen LogP) is 4.38. The standard InChI is InChI=1S/C25H22N2O3/c1-16-9-10-17(2)22(13-16)27-24(29)20-12-11-19(14-21(20)25(27)30)23(28)26(3)15-18-7-5-4-6-8-18/h4-14H,15H2,1-3H3. The topological polar surface area (TPSA) is 57.7 Å². The van der Waals surface area contributed by atoms with Crippen LogP contribution in [0, 0.1) is 13.8 Å². The Bertz CT molecular complexity index is 1170. The summed E-state index contributed by atoms with van der Waals surface area (Å²) in [5.41, 5.74) is 4.37. The molecule has 0 radical (unpaired) electrons. The van der Waals surface area contributed by atoms with Gasteiger partial charge in [0.1, 0.15) is 0 Å². The number of hydrogen-bond donors (Lipinski definition) is 0. The molecule has 5 nitrogen and oxygen atoms in total. The number of nitrogens with zero attached hydrogens (tertiary/aromatic N) is 2. The summed E-state index contributed by atoms with van der Waals surface area (Å²) in [6.45, 7) is 4.24. The van der Waals surface area contributed by atoms with Crippen molar-refractivity contribution in [2.45, 2.75) is 20.4 Å². The number of anilines is 1. The van der Waals surface area contributed by atoms with Crippen LogP contribution in [0.2, 0.25) is 0 Å². The minimum Gasteiger partial charge on any atom is -0.337 e. The molecule has 0 N–H and O–H groups in total. The van der Waals surface area contributed by atoms with E-state index in [9.17, 15) is 14.4 Å². The van der Waals surface area contributed by atoms with Crippen LogP contribution in [-0.2, 0) is 6.54 Å². The van der Waals surface area contributed by atoms with Gasteiger partial charge in [0, 0.05) is 19.2 Å². The molecule has 1 heterocycles. The van der Waals surface area contributed by atoms with Crippen LogP contribution in [0.4, 0.5) is 5.69 Å². The Morgan fingerprint density at radius 3 is 2.30 bits per heavy atom. The molecule has 0 aromatic heterocycles. The van der Waals surface area contributed by atoms with Crippen LogP contribution in [0.25, 0.3) is 0 Å². The highest BCUT2D eigenvalue weighted by Crippen LogP contribution is 2.32. The molecule has 0 fully saturated rings. The molecule has 30 heavy (non-hydrogen) atoms. The number of carbonyl (C=O) groups excluding carboxylic acids is 3. The number of fused-ring (bicyclic) bond motifs is 1. The molecule has 0 saturated carbocycles. The minimum absolute atomic E-state index is 0.202. The Hall–Kier alpha value is -3.73. The van der Waals surface area contributed by atoms with Crippen molar-refractivity contribution >= 4 is 23.4 Å². The fraction of sp³-hybridized carbons (Fsp3) is 0.160. The fourth-order valence-corrected chi connectivity index (χ4v) is 3.70. The zero-order valence-corrected chi connectivity index (χ0v) is 17.2. The third-order valence-corrected chi connectivity index (χ3v) is 5.35. The van der Waals surface area contributed by atoms with E-state index >= 15 is 0 Å². The summed E-state index contributed by atoms with van der Waals surface area (Å²) in [6, 6.07) is 20.1. The van der Waals surface area contributed by atoms with E-state index in [1.807, 2.05) is 62.4 Å². The molecule has 0 bridgehead atoms. The summed E-state index contributed by atoms with van der Waals surface area (Å²) in [5.74, 6) is -0.962. The van der Waals surface area contributed by atoms with E-state index in [4.69, 9.17) is 0 Å². The Kier molecular flexibility index (Phi) is 4.96. The first kappa shape index (κ1) is 19.6. The highest BCUT2D eigenvalue weighted by atomic mass is 16.2. The molecule has 150 valence electrons. The van der Waals surface area contributed by atoms with Gasteiger partial charge in [-0.15, -0.1) is 0 Å². The van der Waals surface area contributed by atoms with Crippen LogP contribution in [0.5, 0.6) is 0 Å². The van der Waals surface area contributed by atoms with Crippen LogP contribution in [0.3, 0.4) is 0 Å². The Morgan fingerprint density at radius 1 is 0.867 bits per heavy atom. The number of imide groups is 1. The van der Waals surface area contributed by atoms with Gasteiger partial charge in [0.2, 0.25) is 0 Å². The van der Waals surface area contributed by atoms with Crippen LogP contribution in [0.15, 0.2) is 66.7 Å². The molecular formula is C25H22N2O3. The third-order valence-electron chi connectivity index (χ3n) is 5.35. The van der Waals surface area contributed by atoms with Gasteiger partial charge in [-0.1, -0.05) is 42.5 Å². The molecule has 3 aromatic carbocycles. The maximum absolute atomic E-state index is 13.1. The highest BCUT2D eigenvalue weighted by Gasteiger charge is 2.38. The monoisotopic (exact) mass is 398 g/mol. The number of aryl methyl sites for hydroxylation is 2. The number of benzene rings is 3. The first-order chi connectivity index (χ1) is 14.4.